The Morgan fingerprint density at radius 3 is 2.05 bits per heavy atom. The number of hydrogen-bond donors (Lipinski definition) is 2. The Morgan fingerprint density at radius 2 is 1.68 bits per heavy atom. The maximum absolute atomic E-state index is 13.4. The molecule has 104 valence electrons. The van der Waals surface area contributed by atoms with Gasteiger partial charge in [-0.1, -0.05) is 26.8 Å². The Bertz CT molecular complexity index is 489. The maximum Gasteiger partial charge on any atom is 0.326 e. The van der Waals surface area contributed by atoms with E-state index in [0.29, 0.717) is 0 Å². The van der Waals surface area contributed by atoms with Gasteiger partial charge in [0, 0.05) is 0 Å². The highest BCUT2D eigenvalue weighted by Gasteiger charge is 2.33. The summed E-state index contributed by atoms with van der Waals surface area (Å²) in [7, 11) is 0. The van der Waals surface area contributed by atoms with E-state index in [1.54, 1.807) is 20.8 Å². The fraction of sp³-hybridized carbons (Fsp3) is 0.385. The lowest BCUT2D eigenvalue weighted by Crippen LogP contribution is -2.49. The Kier molecular flexibility index (Phi) is 4.24. The molecule has 19 heavy (non-hydrogen) atoms. The molecule has 0 radical (unpaired) electrons. The largest absolute Gasteiger partial charge is 0.480 e. The molecule has 0 saturated heterocycles. The van der Waals surface area contributed by atoms with Gasteiger partial charge in [0.1, 0.15) is 23.2 Å². The van der Waals surface area contributed by atoms with Crippen molar-refractivity contribution in [2.24, 2.45) is 5.41 Å². The lowest BCUT2D eigenvalue weighted by Gasteiger charge is -2.27. The summed E-state index contributed by atoms with van der Waals surface area (Å²) in [6.45, 7) is 4.80. The Morgan fingerprint density at radius 1 is 1.21 bits per heavy atom. The van der Waals surface area contributed by atoms with Crippen molar-refractivity contribution < 1.29 is 23.5 Å². The number of carboxylic acid groups (broad SMARTS) is 1. The van der Waals surface area contributed by atoms with E-state index in [9.17, 15) is 18.4 Å². The standard InChI is InChI=1S/C13H15F2NO3/c1-13(2,3)10(12(18)19)16-11(17)9-7(14)5-4-6-8(9)15/h4-6,10H,1-3H3,(H,16,17)(H,18,19)/t10-/m1/s1. The van der Waals surface area contributed by atoms with Crippen molar-refractivity contribution in [1.82, 2.24) is 5.32 Å². The first-order valence-electron chi connectivity index (χ1n) is 5.62. The van der Waals surface area contributed by atoms with Gasteiger partial charge in [0.15, 0.2) is 0 Å². The number of benzene rings is 1. The Hall–Kier alpha value is -1.98. The normalized spacial score (nSPS) is 12.9. The molecule has 0 aliphatic carbocycles. The first kappa shape index (κ1) is 15.1. The molecule has 0 aliphatic rings. The van der Waals surface area contributed by atoms with E-state index in [0.717, 1.165) is 18.2 Å². The van der Waals surface area contributed by atoms with Crippen LogP contribution in [0.4, 0.5) is 8.78 Å². The highest BCUT2D eigenvalue weighted by Crippen LogP contribution is 2.20. The molecule has 0 heterocycles. The predicted octanol–water partition coefficient (Wildman–Crippen LogP) is 2.19. The number of amides is 1. The number of carbonyl (C=O) groups is 2. The summed E-state index contributed by atoms with van der Waals surface area (Å²) in [5.74, 6) is -4.42. The van der Waals surface area contributed by atoms with Crippen LogP contribution in [-0.4, -0.2) is 23.0 Å². The zero-order valence-electron chi connectivity index (χ0n) is 10.8. The average Bonchev–Trinajstić information content (AvgIpc) is 2.23. The summed E-state index contributed by atoms with van der Waals surface area (Å²) in [5, 5.41) is 11.2. The molecule has 1 amide bonds. The van der Waals surface area contributed by atoms with Crippen molar-refractivity contribution in [1.29, 1.82) is 0 Å². The topological polar surface area (TPSA) is 66.4 Å². The van der Waals surface area contributed by atoms with E-state index in [2.05, 4.69) is 5.32 Å². The van der Waals surface area contributed by atoms with E-state index in [1.807, 2.05) is 0 Å². The fourth-order valence-electron chi connectivity index (χ4n) is 1.57. The summed E-state index contributed by atoms with van der Waals surface area (Å²) in [4.78, 5) is 22.9. The van der Waals surface area contributed by atoms with Gasteiger partial charge in [0.2, 0.25) is 0 Å². The van der Waals surface area contributed by atoms with Crippen LogP contribution in [0.5, 0.6) is 0 Å². The molecule has 1 rings (SSSR count). The van der Waals surface area contributed by atoms with Gasteiger partial charge in [0.05, 0.1) is 0 Å². The van der Waals surface area contributed by atoms with Crippen LogP contribution in [0, 0.1) is 17.0 Å². The smallest absolute Gasteiger partial charge is 0.326 e. The van der Waals surface area contributed by atoms with E-state index in [4.69, 9.17) is 5.11 Å². The molecule has 0 aromatic heterocycles. The van der Waals surface area contributed by atoms with Crippen LogP contribution in [0.3, 0.4) is 0 Å². The second kappa shape index (κ2) is 5.34. The third-order valence-electron chi connectivity index (χ3n) is 2.58. The van der Waals surface area contributed by atoms with Crippen molar-refractivity contribution in [3.63, 3.8) is 0 Å². The van der Waals surface area contributed by atoms with Gasteiger partial charge in [-0.15, -0.1) is 0 Å². The van der Waals surface area contributed by atoms with Crippen LogP contribution < -0.4 is 5.32 Å². The predicted molar refractivity (Wildman–Crippen MR) is 64.7 cm³/mol. The first-order valence-corrected chi connectivity index (χ1v) is 5.62. The zero-order valence-corrected chi connectivity index (χ0v) is 10.8. The minimum atomic E-state index is -1.27. The SMILES string of the molecule is CC(C)(C)[C@H](NC(=O)c1c(F)cccc1F)C(=O)O. The number of carbonyl (C=O) groups excluding carboxylic acids is 1. The molecule has 1 aromatic rings. The molecule has 0 bridgehead atoms. The molecule has 4 nitrogen and oxygen atoms in total. The summed E-state index contributed by atoms with van der Waals surface area (Å²) in [6.07, 6.45) is 0. The highest BCUT2D eigenvalue weighted by molar-refractivity contribution is 5.97. The minimum Gasteiger partial charge on any atom is -0.480 e. The van der Waals surface area contributed by atoms with Crippen LogP contribution in [0.15, 0.2) is 18.2 Å². The van der Waals surface area contributed by atoms with E-state index >= 15 is 0 Å². The van der Waals surface area contributed by atoms with Crippen LogP contribution in [-0.2, 0) is 4.79 Å². The number of rotatable bonds is 3. The van der Waals surface area contributed by atoms with Gasteiger partial charge in [-0.3, -0.25) is 4.79 Å². The number of halogens is 2. The van der Waals surface area contributed by atoms with Gasteiger partial charge in [-0.05, 0) is 17.5 Å². The molecule has 0 unspecified atom stereocenters. The Balaban J connectivity index is 3.05. The van der Waals surface area contributed by atoms with Crippen molar-refractivity contribution in [2.45, 2.75) is 26.8 Å². The second-order valence-electron chi connectivity index (χ2n) is 5.21. The Labute approximate surface area is 109 Å². The quantitative estimate of drug-likeness (QED) is 0.885. The first-order chi connectivity index (χ1) is 8.64. The second-order valence-corrected chi connectivity index (χ2v) is 5.21. The van der Waals surface area contributed by atoms with Crippen molar-refractivity contribution >= 4 is 11.9 Å². The van der Waals surface area contributed by atoms with E-state index < -0.39 is 40.5 Å². The van der Waals surface area contributed by atoms with Gasteiger partial charge in [-0.25, -0.2) is 13.6 Å². The molecular formula is C13H15F2NO3. The number of nitrogens with one attached hydrogen (secondary N) is 1. The molecule has 0 saturated carbocycles. The molecular weight excluding hydrogens is 256 g/mol. The monoisotopic (exact) mass is 271 g/mol. The van der Waals surface area contributed by atoms with Crippen LogP contribution in [0.25, 0.3) is 0 Å². The fourth-order valence-corrected chi connectivity index (χ4v) is 1.57. The third-order valence-corrected chi connectivity index (χ3v) is 2.58. The van der Waals surface area contributed by atoms with Gasteiger partial charge >= 0.3 is 5.97 Å². The summed E-state index contributed by atoms with van der Waals surface area (Å²) in [6, 6.07) is 1.74. The van der Waals surface area contributed by atoms with Crippen LogP contribution in [0.1, 0.15) is 31.1 Å². The molecule has 6 heteroatoms. The molecule has 1 aromatic carbocycles. The van der Waals surface area contributed by atoms with Gasteiger partial charge in [0.25, 0.3) is 5.91 Å². The number of carboxylic acids is 1. The van der Waals surface area contributed by atoms with E-state index in [-0.39, 0.29) is 0 Å². The third kappa shape index (κ3) is 3.49. The molecule has 1 atom stereocenters. The van der Waals surface area contributed by atoms with Gasteiger partial charge in [-0.2, -0.15) is 0 Å². The number of hydrogen-bond acceptors (Lipinski definition) is 2. The highest BCUT2D eigenvalue weighted by atomic mass is 19.1. The summed E-state index contributed by atoms with van der Waals surface area (Å²) < 4.78 is 26.8. The molecule has 0 fully saturated rings. The lowest BCUT2D eigenvalue weighted by molar-refractivity contribution is -0.142. The molecule has 0 spiro atoms. The van der Waals surface area contributed by atoms with Crippen LogP contribution >= 0.6 is 0 Å². The number of aliphatic carboxylic acids is 1. The average molecular weight is 271 g/mol. The summed E-state index contributed by atoms with van der Waals surface area (Å²) >= 11 is 0. The lowest BCUT2D eigenvalue weighted by atomic mass is 9.86. The molecule has 0 aliphatic heterocycles. The zero-order chi connectivity index (χ0) is 14.8. The molecule has 2 N–H and O–H groups in total. The van der Waals surface area contributed by atoms with Crippen molar-refractivity contribution in [3.05, 3.63) is 35.4 Å². The summed E-state index contributed by atoms with van der Waals surface area (Å²) in [5.41, 5.74) is -1.57. The maximum atomic E-state index is 13.4. The van der Waals surface area contributed by atoms with Gasteiger partial charge < -0.3 is 10.4 Å². The van der Waals surface area contributed by atoms with Crippen molar-refractivity contribution in [3.8, 4) is 0 Å². The minimum absolute atomic E-state index is 0.780. The van der Waals surface area contributed by atoms with E-state index in [1.165, 1.54) is 0 Å². The van der Waals surface area contributed by atoms with Crippen LogP contribution in [0.2, 0.25) is 0 Å². The van der Waals surface area contributed by atoms with Crippen molar-refractivity contribution in [2.75, 3.05) is 0 Å².